The fraction of sp³-hybridized carbons (Fsp3) is 0.522. The van der Waals surface area contributed by atoms with E-state index in [0.29, 0.717) is 45.0 Å². The number of nitrogens with zero attached hydrogens (tertiary/aromatic N) is 3. The number of nitrogens with one attached hydrogen (secondary N) is 1. The maximum absolute atomic E-state index is 13.0. The van der Waals surface area contributed by atoms with Gasteiger partial charge in [0.25, 0.3) is 0 Å². The van der Waals surface area contributed by atoms with Gasteiger partial charge in [0, 0.05) is 45.0 Å². The Balaban J connectivity index is 1.13. The van der Waals surface area contributed by atoms with Gasteiger partial charge in [0.1, 0.15) is 0 Å². The lowest BCUT2D eigenvalue weighted by Gasteiger charge is -2.34. The summed E-state index contributed by atoms with van der Waals surface area (Å²) in [5.41, 5.74) is 0.439. The molecule has 5 rings (SSSR count). The van der Waals surface area contributed by atoms with Crippen LogP contribution >= 0.6 is 0 Å². The Bertz CT molecular complexity index is 1100. The predicted molar refractivity (Wildman–Crippen MR) is 122 cm³/mol. The first-order valence-corrected chi connectivity index (χ1v) is 12.9. The van der Waals surface area contributed by atoms with E-state index in [1.807, 2.05) is 0 Å². The van der Waals surface area contributed by atoms with Crippen LogP contribution in [-0.4, -0.2) is 86.8 Å². The molecule has 182 valence electrons. The molecule has 2 bridgehead atoms. The summed E-state index contributed by atoms with van der Waals surface area (Å²) in [6.45, 7) is 2.60. The molecule has 0 spiro atoms. The molecule has 3 amide bonds. The van der Waals surface area contributed by atoms with E-state index < -0.39 is 16.1 Å². The van der Waals surface area contributed by atoms with Crippen LogP contribution in [0.3, 0.4) is 0 Å². The fourth-order valence-electron chi connectivity index (χ4n) is 5.65. The molecular weight excluding hydrogens is 460 g/mol. The number of imide groups is 1. The molecule has 2 heterocycles. The van der Waals surface area contributed by atoms with Gasteiger partial charge in [-0.25, -0.2) is 13.2 Å². The third-order valence-corrected chi connectivity index (χ3v) is 9.37. The minimum absolute atomic E-state index is 0.0433. The van der Waals surface area contributed by atoms with Gasteiger partial charge in [0.05, 0.1) is 23.8 Å². The molecule has 1 saturated carbocycles. The molecule has 0 unspecified atom stereocenters. The first-order valence-electron chi connectivity index (χ1n) is 11.5. The Morgan fingerprint density at radius 2 is 1.56 bits per heavy atom. The van der Waals surface area contributed by atoms with Crippen molar-refractivity contribution in [2.24, 2.45) is 23.7 Å². The van der Waals surface area contributed by atoms with E-state index in [2.05, 4.69) is 27.1 Å². The van der Waals surface area contributed by atoms with Crippen LogP contribution in [0.4, 0.5) is 10.5 Å². The SMILES string of the molecule is COC(=O)Nc1ccc(S(=O)(=O)N2CCN(CCN3C(=O)[C@H]4[C@H](C3=O)[C@H]3C=C[C@H]4C3)CC2)cc1. The predicted octanol–water partition coefficient (Wildman–Crippen LogP) is 0.978. The lowest BCUT2D eigenvalue weighted by Crippen LogP contribution is -2.50. The number of piperazine rings is 1. The van der Waals surface area contributed by atoms with Gasteiger partial charge in [0.15, 0.2) is 0 Å². The van der Waals surface area contributed by atoms with Gasteiger partial charge < -0.3 is 4.74 Å². The third kappa shape index (κ3) is 3.91. The summed E-state index contributed by atoms with van der Waals surface area (Å²) < 4.78 is 32.0. The Morgan fingerprint density at radius 3 is 2.12 bits per heavy atom. The van der Waals surface area contributed by atoms with Crippen molar-refractivity contribution >= 4 is 33.6 Å². The van der Waals surface area contributed by atoms with Crippen molar-refractivity contribution in [3.8, 4) is 0 Å². The Morgan fingerprint density at radius 1 is 0.971 bits per heavy atom. The van der Waals surface area contributed by atoms with Crippen molar-refractivity contribution in [3.05, 3.63) is 36.4 Å². The van der Waals surface area contributed by atoms with Crippen molar-refractivity contribution in [2.75, 3.05) is 51.7 Å². The lowest BCUT2D eigenvalue weighted by atomic mass is 9.85. The van der Waals surface area contributed by atoms with Crippen LogP contribution in [-0.2, 0) is 24.3 Å². The van der Waals surface area contributed by atoms with E-state index in [-0.39, 0.29) is 40.4 Å². The van der Waals surface area contributed by atoms with Crippen LogP contribution in [0.15, 0.2) is 41.3 Å². The maximum Gasteiger partial charge on any atom is 0.411 e. The van der Waals surface area contributed by atoms with Crippen molar-refractivity contribution in [1.29, 1.82) is 0 Å². The topological polar surface area (TPSA) is 116 Å². The number of sulfonamides is 1. The number of hydrogen-bond donors (Lipinski definition) is 1. The highest BCUT2D eigenvalue weighted by Crippen LogP contribution is 2.52. The van der Waals surface area contributed by atoms with E-state index >= 15 is 0 Å². The molecule has 34 heavy (non-hydrogen) atoms. The summed E-state index contributed by atoms with van der Waals surface area (Å²) >= 11 is 0. The van der Waals surface area contributed by atoms with Crippen LogP contribution in [0.2, 0.25) is 0 Å². The van der Waals surface area contributed by atoms with E-state index in [4.69, 9.17) is 0 Å². The number of rotatable bonds is 6. The molecule has 0 radical (unpaired) electrons. The number of methoxy groups -OCH3 is 1. The summed E-state index contributed by atoms with van der Waals surface area (Å²) in [4.78, 5) is 40.6. The standard InChI is InChI=1S/C23H28N4O6S/c1-33-23(30)24-17-4-6-18(7-5-17)34(31,32)26-11-8-25(9-12-26)10-13-27-21(28)19-15-2-3-16(14-15)20(19)22(27)29/h2-7,15-16,19-20H,8-14H2,1H3,(H,24,30)/t15-,16-,19+,20+/m0/s1. The normalized spacial score (nSPS) is 29.0. The number of carbonyl (C=O) groups excluding carboxylic acids is 3. The van der Waals surface area contributed by atoms with Gasteiger partial charge in [-0.15, -0.1) is 0 Å². The Hall–Kier alpha value is -2.76. The first kappa shape index (κ1) is 23.0. The molecule has 1 aromatic carbocycles. The van der Waals surface area contributed by atoms with Crippen molar-refractivity contribution < 1.29 is 27.5 Å². The molecule has 4 atom stereocenters. The van der Waals surface area contributed by atoms with Gasteiger partial charge in [-0.2, -0.15) is 4.31 Å². The minimum atomic E-state index is -3.66. The molecule has 2 aliphatic heterocycles. The minimum Gasteiger partial charge on any atom is -0.453 e. The highest BCUT2D eigenvalue weighted by molar-refractivity contribution is 7.89. The number of carbonyl (C=O) groups is 3. The summed E-state index contributed by atoms with van der Waals surface area (Å²) in [5.74, 6) is -0.0418. The fourth-order valence-corrected chi connectivity index (χ4v) is 7.07. The molecule has 1 N–H and O–H groups in total. The van der Waals surface area contributed by atoms with Crippen LogP contribution in [0.25, 0.3) is 0 Å². The van der Waals surface area contributed by atoms with Gasteiger partial charge in [-0.1, -0.05) is 12.2 Å². The second kappa shape index (κ2) is 8.79. The van der Waals surface area contributed by atoms with Crippen LogP contribution in [0.1, 0.15) is 6.42 Å². The van der Waals surface area contributed by atoms with E-state index in [1.165, 1.54) is 40.6 Å². The van der Waals surface area contributed by atoms with Gasteiger partial charge in [-0.05, 0) is 42.5 Å². The molecule has 4 aliphatic rings. The number of hydrogen-bond acceptors (Lipinski definition) is 7. The molecular formula is C23H28N4O6S. The quantitative estimate of drug-likeness (QED) is 0.469. The molecule has 2 aliphatic carbocycles. The van der Waals surface area contributed by atoms with Gasteiger partial charge in [0.2, 0.25) is 21.8 Å². The zero-order chi connectivity index (χ0) is 24.0. The average molecular weight is 489 g/mol. The lowest BCUT2D eigenvalue weighted by molar-refractivity contribution is -0.141. The molecule has 2 saturated heterocycles. The maximum atomic E-state index is 13.0. The number of benzene rings is 1. The largest absolute Gasteiger partial charge is 0.453 e. The second-order valence-corrected chi connectivity index (χ2v) is 11.2. The molecule has 1 aromatic rings. The molecule has 0 aromatic heterocycles. The first-order chi connectivity index (χ1) is 16.3. The Kier molecular flexibility index (Phi) is 5.95. The highest BCUT2D eigenvalue weighted by Gasteiger charge is 2.59. The summed E-state index contributed by atoms with van der Waals surface area (Å²) in [6.07, 6.45) is 4.46. The number of likely N-dealkylation sites (tertiary alicyclic amines) is 1. The Labute approximate surface area is 198 Å². The zero-order valence-corrected chi connectivity index (χ0v) is 19.7. The van der Waals surface area contributed by atoms with Crippen LogP contribution < -0.4 is 5.32 Å². The zero-order valence-electron chi connectivity index (χ0n) is 18.9. The molecule has 10 nitrogen and oxygen atoms in total. The van der Waals surface area contributed by atoms with E-state index in [1.54, 1.807) is 0 Å². The van der Waals surface area contributed by atoms with Crippen LogP contribution in [0.5, 0.6) is 0 Å². The number of fused-ring (bicyclic) bond motifs is 5. The number of allylic oxidation sites excluding steroid dienone is 2. The number of anilines is 1. The van der Waals surface area contributed by atoms with E-state index in [0.717, 1.165) is 6.42 Å². The smallest absolute Gasteiger partial charge is 0.411 e. The summed E-state index contributed by atoms with van der Waals surface area (Å²) in [7, 11) is -2.41. The van der Waals surface area contributed by atoms with Gasteiger partial charge in [-0.3, -0.25) is 24.7 Å². The molecule has 11 heteroatoms. The summed E-state index contributed by atoms with van der Waals surface area (Å²) in [6, 6.07) is 5.94. The second-order valence-electron chi connectivity index (χ2n) is 9.21. The van der Waals surface area contributed by atoms with Crippen LogP contribution in [0, 0.1) is 23.7 Å². The third-order valence-electron chi connectivity index (χ3n) is 7.46. The van der Waals surface area contributed by atoms with Crippen molar-refractivity contribution in [2.45, 2.75) is 11.3 Å². The number of amides is 3. The van der Waals surface area contributed by atoms with Crippen molar-refractivity contribution in [1.82, 2.24) is 14.1 Å². The number of ether oxygens (including phenoxy) is 1. The van der Waals surface area contributed by atoms with Gasteiger partial charge >= 0.3 is 6.09 Å². The molecule has 3 fully saturated rings. The van der Waals surface area contributed by atoms with Crippen molar-refractivity contribution in [3.63, 3.8) is 0 Å². The monoisotopic (exact) mass is 488 g/mol. The van der Waals surface area contributed by atoms with E-state index in [9.17, 15) is 22.8 Å². The average Bonchev–Trinajstić information content (AvgIpc) is 3.52. The highest BCUT2D eigenvalue weighted by atomic mass is 32.2. The summed E-state index contributed by atoms with van der Waals surface area (Å²) in [5, 5.41) is 2.49.